The predicted octanol–water partition coefficient (Wildman–Crippen LogP) is 4.10. The first-order valence-corrected chi connectivity index (χ1v) is 9.36. The van der Waals surface area contributed by atoms with Gasteiger partial charge in [-0.05, 0) is 54.2 Å². The van der Waals surface area contributed by atoms with Crippen molar-refractivity contribution in [2.45, 2.75) is 18.5 Å². The van der Waals surface area contributed by atoms with Gasteiger partial charge in [-0.3, -0.25) is 0 Å². The molecule has 2 atom stereocenters. The van der Waals surface area contributed by atoms with Gasteiger partial charge in [-0.15, -0.1) is 0 Å². The largest absolute Gasteiger partial charge is 0.480 e. The van der Waals surface area contributed by atoms with E-state index in [0.717, 1.165) is 27.6 Å². The minimum atomic E-state index is -0.885. The second-order valence-corrected chi connectivity index (χ2v) is 7.62. The Morgan fingerprint density at radius 3 is 2.61 bits per heavy atom. The van der Waals surface area contributed by atoms with Gasteiger partial charge in [0.1, 0.15) is 11.9 Å². The molecule has 3 aromatic carbocycles. The molecule has 2 unspecified atom stereocenters. The molecule has 1 aliphatic heterocycles. The van der Waals surface area contributed by atoms with Gasteiger partial charge in [-0.1, -0.05) is 42.5 Å². The van der Waals surface area contributed by atoms with E-state index in [1.165, 1.54) is 12.1 Å². The van der Waals surface area contributed by atoms with E-state index < -0.39 is 12.0 Å². The molecule has 0 spiro atoms. The van der Waals surface area contributed by atoms with Crippen LogP contribution in [0.3, 0.4) is 0 Å². The molecule has 4 rings (SSSR count). The molecular formula is C23H23FN2O2. The first kappa shape index (κ1) is 18.4. The Hall–Kier alpha value is -2.92. The Balaban J connectivity index is 1.81. The number of hydrogen-bond acceptors (Lipinski definition) is 3. The Morgan fingerprint density at radius 1 is 1.11 bits per heavy atom. The molecule has 3 aromatic rings. The second-order valence-electron chi connectivity index (χ2n) is 7.62. The van der Waals surface area contributed by atoms with Crippen LogP contribution in [0.25, 0.3) is 10.8 Å². The number of nitrogens with zero attached hydrogens (tertiary/aromatic N) is 2. The van der Waals surface area contributed by atoms with Crippen LogP contribution in [0.1, 0.15) is 17.0 Å². The summed E-state index contributed by atoms with van der Waals surface area (Å²) in [7, 11) is 3.82. The highest BCUT2D eigenvalue weighted by Crippen LogP contribution is 2.43. The smallest absolute Gasteiger partial charge is 0.327 e. The number of fused-ring (bicyclic) bond motifs is 2. The summed E-state index contributed by atoms with van der Waals surface area (Å²) < 4.78 is 14.0. The monoisotopic (exact) mass is 378 g/mol. The topological polar surface area (TPSA) is 43.8 Å². The van der Waals surface area contributed by atoms with Crippen molar-refractivity contribution in [1.82, 2.24) is 4.90 Å². The van der Waals surface area contributed by atoms with Crippen LogP contribution in [0.15, 0.2) is 60.7 Å². The van der Waals surface area contributed by atoms with Gasteiger partial charge in [0.25, 0.3) is 0 Å². The first-order valence-electron chi connectivity index (χ1n) is 9.36. The molecule has 0 aromatic heterocycles. The highest BCUT2D eigenvalue weighted by Gasteiger charge is 2.43. The number of halogens is 1. The standard InChI is InChI=1S/C23H23FN2O2/c1-25(2)14-20-19-12-17(24)10-11-21(19)26(22(20)23(27)28)13-16-8-5-7-15-6-3-4-9-18(15)16/h3-12,20,22H,13-14H2,1-2H3,(H,27,28). The lowest BCUT2D eigenvalue weighted by molar-refractivity contribution is -0.139. The van der Waals surface area contributed by atoms with Crippen molar-refractivity contribution in [3.63, 3.8) is 0 Å². The Kier molecular flexibility index (Phi) is 4.77. The van der Waals surface area contributed by atoms with Gasteiger partial charge < -0.3 is 14.9 Å². The summed E-state index contributed by atoms with van der Waals surface area (Å²) in [5.41, 5.74) is 2.63. The third-order valence-corrected chi connectivity index (χ3v) is 5.45. The van der Waals surface area contributed by atoms with Crippen LogP contribution < -0.4 is 4.90 Å². The zero-order valence-electron chi connectivity index (χ0n) is 16.0. The molecule has 0 amide bonds. The normalized spacial score (nSPS) is 18.6. The molecular weight excluding hydrogens is 355 g/mol. The molecule has 5 heteroatoms. The molecule has 1 aliphatic rings. The van der Waals surface area contributed by atoms with Crippen molar-refractivity contribution in [2.75, 3.05) is 25.5 Å². The number of likely N-dealkylation sites (N-methyl/N-ethyl adjacent to an activating group) is 1. The molecule has 0 saturated carbocycles. The van der Waals surface area contributed by atoms with Crippen molar-refractivity contribution in [2.24, 2.45) is 0 Å². The van der Waals surface area contributed by atoms with E-state index in [9.17, 15) is 14.3 Å². The summed E-state index contributed by atoms with van der Waals surface area (Å²) in [6, 6.07) is 18.0. The van der Waals surface area contributed by atoms with E-state index in [-0.39, 0.29) is 11.7 Å². The fraction of sp³-hybridized carbons (Fsp3) is 0.261. The molecule has 28 heavy (non-hydrogen) atoms. The van der Waals surface area contributed by atoms with Gasteiger partial charge in [0.2, 0.25) is 0 Å². The zero-order valence-corrected chi connectivity index (χ0v) is 16.0. The van der Waals surface area contributed by atoms with Crippen molar-refractivity contribution in [1.29, 1.82) is 0 Å². The SMILES string of the molecule is CN(C)CC1c2cc(F)ccc2N(Cc2cccc3ccccc23)C1C(=O)O. The minimum absolute atomic E-state index is 0.298. The van der Waals surface area contributed by atoms with Gasteiger partial charge in [-0.2, -0.15) is 0 Å². The van der Waals surface area contributed by atoms with Crippen molar-refractivity contribution in [3.05, 3.63) is 77.6 Å². The number of anilines is 1. The lowest BCUT2D eigenvalue weighted by atomic mass is 9.94. The van der Waals surface area contributed by atoms with Gasteiger partial charge in [0, 0.05) is 24.7 Å². The molecule has 1 N–H and O–H groups in total. The van der Waals surface area contributed by atoms with E-state index in [1.807, 2.05) is 48.2 Å². The van der Waals surface area contributed by atoms with Crippen LogP contribution in [0.2, 0.25) is 0 Å². The molecule has 0 bridgehead atoms. The van der Waals surface area contributed by atoms with Crippen molar-refractivity contribution in [3.8, 4) is 0 Å². The van der Waals surface area contributed by atoms with E-state index in [0.29, 0.717) is 13.1 Å². The van der Waals surface area contributed by atoms with E-state index in [1.54, 1.807) is 6.07 Å². The Labute approximate surface area is 163 Å². The lowest BCUT2D eigenvalue weighted by Crippen LogP contribution is -2.42. The number of carboxylic acid groups (broad SMARTS) is 1. The zero-order chi connectivity index (χ0) is 19.8. The highest BCUT2D eigenvalue weighted by atomic mass is 19.1. The molecule has 144 valence electrons. The van der Waals surface area contributed by atoms with Gasteiger partial charge >= 0.3 is 5.97 Å². The van der Waals surface area contributed by atoms with Gasteiger partial charge in [0.05, 0.1) is 0 Å². The van der Waals surface area contributed by atoms with Crippen LogP contribution >= 0.6 is 0 Å². The van der Waals surface area contributed by atoms with E-state index in [2.05, 4.69) is 18.2 Å². The number of carbonyl (C=O) groups is 1. The number of aliphatic carboxylic acids is 1. The quantitative estimate of drug-likeness (QED) is 0.726. The summed E-state index contributed by atoms with van der Waals surface area (Å²) in [5.74, 6) is -1.52. The lowest BCUT2D eigenvalue weighted by Gasteiger charge is -2.29. The maximum absolute atomic E-state index is 14.0. The summed E-state index contributed by atoms with van der Waals surface area (Å²) in [5, 5.41) is 12.3. The number of rotatable bonds is 5. The molecule has 0 radical (unpaired) electrons. The van der Waals surface area contributed by atoms with Gasteiger partial charge in [0.15, 0.2) is 0 Å². The van der Waals surface area contributed by atoms with Crippen LogP contribution in [0, 0.1) is 5.82 Å². The van der Waals surface area contributed by atoms with Crippen LogP contribution in [0.4, 0.5) is 10.1 Å². The predicted molar refractivity (Wildman–Crippen MR) is 109 cm³/mol. The summed E-state index contributed by atoms with van der Waals surface area (Å²) in [6.07, 6.45) is 0. The average Bonchev–Trinajstić information content (AvgIpc) is 2.94. The Morgan fingerprint density at radius 2 is 1.86 bits per heavy atom. The van der Waals surface area contributed by atoms with Gasteiger partial charge in [-0.25, -0.2) is 9.18 Å². The summed E-state index contributed by atoms with van der Waals surface area (Å²) in [6.45, 7) is 1.00. The molecule has 1 heterocycles. The third-order valence-electron chi connectivity index (χ3n) is 5.45. The summed E-state index contributed by atoms with van der Waals surface area (Å²) >= 11 is 0. The average molecular weight is 378 g/mol. The van der Waals surface area contributed by atoms with Crippen LogP contribution in [-0.4, -0.2) is 42.7 Å². The molecule has 0 aliphatic carbocycles. The van der Waals surface area contributed by atoms with Crippen molar-refractivity contribution >= 4 is 22.4 Å². The molecule has 0 fully saturated rings. The fourth-order valence-corrected chi connectivity index (χ4v) is 4.32. The molecule has 4 nitrogen and oxygen atoms in total. The second kappa shape index (κ2) is 7.24. The first-order chi connectivity index (χ1) is 13.5. The maximum Gasteiger partial charge on any atom is 0.327 e. The van der Waals surface area contributed by atoms with E-state index in [4.69, 9.17) is 0 Å². The molecule has 0 saturated heterocycles. The van der Waals surface area contributed by atoms with Crippen LogP contribution in [-0.2, 0) is 11.3 Å². The van der Waals surface area contributed by atoms with Crippen LogP contribution in [0.5, 0.6) is 0 Å². The highest BCUT2D eigenvalue weighted by molar-refractivity contribution is 5.88. The number of hydrogen-bond donors (Lipinski definition) is 1. The minimum Gasteiger partial charge on any atom is -0.480 e. The fourth-order valence-electron chi connectivity index (χ4n) is 4.32. The number of benzene rings is 3. The number of carboxylic acids is 1. The van der Waals surface area contributed by atoms with Crippen molar-refractivity contribution < 1.29 is 14.3 Å². The van der Waals surface area contributed by atoms with E-state index >= 15 is 0 Å². The maximum atomic E-state index is 14.0. The third kappa shape index (κ3) is 3.22. The summed E-state index contributed by atoms with van der Waals surface area (Å²) in [4.78, 5) is 16.1. The Bertz CT molecular complexity index is 1030.